The minimum Gasteiger partial charge on any atom is -0.462 e. The van der Waals surface area contributed by atoms with Crippen molar-refractivity contribution in [2.24, 2.45) is 11.8 Å². The molecule has 0 aromatic carbocycles. The molecule has 0 amide bonds. The van der Waals surface area contributed by atoms with Crippen molar-refractivity contribution in [2.45, 2.75) is 490 Å². The van der Waals surface area contributed by atoms with Crippen LogP contribution < -0.4 is 0 Å². The van der Waals surface area contributed by atoms with E-state index in [2.05, 4.69) is 41.5 Å². The summed E-state index contributed by atoms with van der Waals surface area (Å²) in [6, 6.07) is 0. The highest BCUT2D eigenvalue weighted by atomic mass is 31.2. The van der Waals surface area contributed by atoms with Crippen LogP contribution in [0.3, 0.4) is 0 Å². The number of unbranched alkanes of at least 4 members (excludes halogenated alkanes) is 56. The number of esters is 4. The minimum absolute atomic E-state index is 0.108. The fourth-order valence-corrected chi connectivity index (χ4v) is 15.3. The number of phosphoric acid groups is 2. The van der Waals surface area contributed by atoms with E-state index in [1.807, 2.05) is 0 Å². The number of aliphatic hydroxyl groups excluding tert-OH is 1. The summed E-state index contributed by atoms with van der Waals surface area (Å²) in [5.41, 5.74) is 0. The molecule has 0 aliphatic heterocycles. The molecule has 636 valence electrons. The van der Waals surface area contributed by atoms with Gasteiger partial charge in [-0.1, -0.05) is 420 Å². The lowest BCUT2D eigenvalue weighted by Gasteiger charge is -2.21. The Kier molecular flexibility index (Phi) is 77.9. The number of hydrogen-bond donors (Lipinski definition) is 3. The van der Waals surface area contributed by atoms with Crippen LogP contribution in [0.15, 0.2) is 0 Å². The summed E-state index contributed by atoms with van der Waals surface area (Å²) in [6.07, 6.45) is 72.1. The van der Waals surface area contributed by atoms with Crippen LogP contribution in [0, 0.1) is 11.8 Å². The molecule has 0 bridgehead atoms. The van der Waals surface area contributed by atoms with Crippen molar-refractivity contribution in [3.63, 3.8) is 0 Å². The number of carbonyl (C=O) groups excluding carboxylic acids is 4. The van der Waals surface area contributed by atoms with Crippen LogP contribution in [-0.2, 0) is 65.4 Å². The molecule has 0 spiro atoms. The lowest BCUT2D eigenvalue weighted by Crippen LogP contribution is -2.30. The van der Waals surface area contributed by atoms with Gasteiger partial charge in [-0.15, -0.1) is 0 Å². The fraction of sp³-hybridized carbons (Fsp3) is 0.955. The number of phosphoric ester groups is 2. The summed E-state index contributed by atoms with van der Waals surface area (Å²) in [7, 11) is -9.93. The van der Waals surface area contributed by atoms with E-state index < -0.39 is 97.5 Å². The van der Waals surface area contributed by atoms with Gasteiger partial charge in [-0.3, -0.25) is 37.3 Å². The van der Waals surface area contributed by atoms with Crippen LogP contribution in [0.1, 0.15) is 472 Å². The lowest BCUT2D eigenvalue weighted by atomic mass is 9.99. The van der Waals surface area contributed by atoms with Gasteiger partial charge in [0.1, 0.15) is 19.3 Å². The van der Waals surface area contributed by atoms with Gasteiger partial charge in [0.15, 0.2) is 12.2 Å². The molecular formula is C88H172O17P2. The second-order valence-electron chi connectivity index (χ2n) is 32.4. The first kappa shape index (κ1) is 105. The highest BCUT2D eigenvalue weighted by Crippen LogP contribution is 2.45. The van der Waals surface area contributed by atoms with Gasteiger partial charge in [0, 0.05) is 25.7 Å². The van der Waals surface area contributed by atoms with Crippen molar-refractivity contribution in [1.29, 1.82) is 0 Å². The average molecular weight is 1560 g/mol. The summed E-state index contributed by atoms with van der Waals surface area (Å²) in [6.45, 7) is 9.77. The van der Waals surface area contributed by atoms with Gasteiger partial charge in [0.2, 0.25) is 0 Å². The molecule has 0 aliphatic carbocycles. The normalized spacial score (nSPS) is 14.0. The second kappa shape index (κ2) is 79.3. The van der Waals surface area contributed by atoms with Crippen molar-refractivity contribution >= 4 is 39.5 Å². The molecular weight excluding hydrogens is 1390 g/mol. The van der Waals surface area contributed by atoms with Crippen molar-refractivity contribution in [3.8, 4) is 0 Å². The Morgan fingerprint density at radius 1 is 0.271 bits per heavy atom. The molecule has 17 nitrogen and oxygen atoms in total. The third-order valence-corrected chi connectivity index (χ3v) is 23.0. The largest absolute Gasteiger partial charge is 0.472 e. The molecule has 0 radical (unpaired) electrons. The zero-order valence-electron chi connectivity index (χ0n) is 70.5. The highest BCUT2D eigenvalue weighted by molar-refractivity contribution is 7.47. The molecule has 0 rings (SSSR count). The van der Waals surface area contributed by atoms with Gasteiger partial charge in [-0.2, -0.15) is 0 Å². The lowest BCUT2D eigenvalue weighted by molar-refractivity contribution is -0.161. The Labute approximate surface area is 658 Å². The van der Waals surface area contributed by atoms with Crippen LogP contribution in [0.4, 0.5) is 0 Å². The van der Waals surface area contributed by atoms with Gasteiger partial charge in [-0.05, 0) is 37.5 Å². The Bertz CT molecular complexity index is 2050. The van der Waals surface area contributed by atoms with Crippen LogP contribution in [-0.4, -0.2) is 96.7 Å². The summed E-state index contributed by atoms with van der Waals surface area (Å²) in [5, 5.41) is 10.7. The molecule has 0 aromatic rings. The number of hydrogen-bond acceptors (Lipinski definition) is 15. The van der Waals surface area contributed by atoms with Crippen molar-refractivity contribution in [2.75, 3.05) is 39.6 Å². The zero-order valence-corrected chi connectivity index (χ0v) is 72.2. The Balaban J connectivity index is 5.24. The predicted molar refractivity (Wildman–Crippen MR) is 442 cm³/mol. The van der Waals surface area contributed by atoms with E-state index in [-0.39, 0.29) is 25.7 Å². The summed E-state index contributed by atoms with van der Waals surface area (Å²) >= 11 is 0. The average Bonchev–Trinajstić information content (AvgIpc) is 0.899. The Morgan fingerprint density at radius 3 is 0.710 bits per heavy atom. The summed E-state index contributed by atoms with van der Waals surface area (Å²) in [4.78, 5) is 73.3. The van der Waals surface area contributed by atoms with E-state index >= 15 is 0 Å². The van der Waals surface area contributed by atoms with Crippen LogP contribution >= 0.6 is 15.6 Å². The molecule has 3 unspecified atom stereocenters. The summed E-state index contributed by atoms with van der Waals surface area (Å²) in [5.74, 6) is -0.446. The van der Waals surface area contributed by atoms with E-state index in [4.69, 9.17) is 37.0 Å². The molecule has 3 N–H and O–H groups in total. The molecule has 0 aliphatic rings. The molecule has 0 saturated heterocycles. The van der Waals surface area contributed by atoms with E-state index in [1.54, 1.807) is 0 Å². The maximum atomic E-state index is 13.2. The van der Waals surface area contributed by atoms with Crippen molar-refractivity contribution < 1.29 is 80.2 Å². The highest BCUT2D eigenvalue weighted by Gasteiger charge is 2.31. The van der Waals surface area contributed by atoms with E-state index in [1.165, 1.54) is 289 Å². The Hall–Kier alpha value is -1.94. The standard InChI is InChI=1S/C88H172O17P2/c1-7-10-12-14-16-18-20-21-22-23-24-25-26-29-36-42-48-54-60-66-72-87(92)105-84(77-99-86(91)71-65-59-53-47-41-35-30-27-28-33-39-44-50-56-62-68-80(4)5)79-103-107(96,97)101-75-82(89)74-100-106(94,95)102-78-83(76-98-85(90)70-64-58-52-46-38-19-17-15-13-11-8-2)104-88(93)73-67-61-55-49-43-37-32-31-34-40-45-51-57-63-69-81(6)9-3/h80-84,89H,7-79H2,1-6H3,(H,94,95)(H,96,97)/t81?,82-,83+,84+/m0/s1. The number of carbonyl (C=O) groups is 4. The topological polar surface area (TPSA) is 237 Å². The molecule has 0 aromatic heterocycles. The first-order chi connectivity index (χ1) is 51.9. The van der Waals surface area contributed by atoms with Gasteiger partial charge >= 0.3 is 39.5 Å². The molecule has 0 heterocycles. The van der Waals surface area contributed by atoms with Gasteiger partial charge < -0.3 is 33.8 Å². The molecule has 0 saturated carbocycles. The van der Waals surface area contributed by atoms with E-state index in [0.717, 1.165) is 102 Å². The third kappa shape index (κ3) is 80.5. The van der Waals surface area contributed by atoms with E-state index in [9.17, 15) is 43.2 Å². The minimum atomic E-state index is -4.97. The van der Waals surface area contributed by atoms with Gasteiger partial charge in [0.05, 0.1) is 26.4 Å². The zero-order chi connectivity index (χ0) is 78.5. The maximum absolute atomic E-state index is 13.2. The van der Waals surface area contributed by atoms with Crippen LogP contribution in [0.25, 0.3) is 0 Å². The number of aliphatic hydroxyl groups is 1. The van der Waals surface area contributed by atoms with E-state index in [0.29, 0.717) is 25.7 Å². The second-order valence-corrected chi connectivity index (χ2v) is 35.3. The number of ether oxygens (including phenoxy) is 4. The first-order valence-corrected chi connectivity index (χ1v) is 48.5. The van der Waals surface area contributed by atoms with Crippen molar-refractivity contribution in [3.05, 3.63) is 0 Å². The van der Waals surface area contributed by atoms with Crippen LogP contribution in [0.5, 0.6) is 0 Å². The van der Waals surface area contributed by atoms with Gasteiger partial charge in [-0.25, -0.2) is 9.13 Å². The summed E-state index contributed by atoms with van der Waals surface area (Å²) < 4.78 is 69.0. The smallest absolute Gasteiger partial charge is 0.462 e. The fourth-order valence-electron chi connectivity index (χ4n) is 13.7. The monoisotopic (exact) mass is 1560 g/mol. The molecule has 107 heavy (non-hydrogen) atoms. The predicted octanol–water partition coefficient (Wildman–Crippen LogP) is 27.0. The van der Waals surface area contributed by atoms with Crippen LogP contribution in [0.2, 0.25) is 0 Å². The first-order valence-electron chi connectivity index (χ1n) is 45.5. The quantitative estimate of drug-likeness (QED) is 0.0222. The van der Waals surface area contributed by atoms with Gasteiger partial charge in [0.25, 0.3) is 0 Å². The van der Waals surface area contributed by atoms with Crippen molar-refractivity contribution in [1.82, 2.24) is 0 Å². The molecule has 6 atom stereocenters. The Morgan fingerprint density at radius 2 is 0.477 bits per heavy atom. The third-order valence-electron chi connectivity index (χ3n) is 21.1. The molecule has 19 heteroatoms. The SMILES string of the molecule is CCCCCCCCCCCCCCCCCCCCCCC(=O)O[C@H](COC(=O)CCCCCCCCCCCCCCCCCC(C)C)COP(=O)(O)OC[C@@H](O)COP(=O)(O)OC[C@@H](COC(=O)CCCCCCCCCCCCC)OC(=O)CCCCCCCCCCCCCCCCC(C)CC. The number of rotatable bonds is 87. The maximum Gasteiger partial charge on any atom is 0.472 e. The molecule has 0 fully saturated rings.